The van der Waals surface area contributed by atoms with E-state index in [0.29, 0.717) is 13.1 Å². The predicted octanol–water partition coefficient (Wildman–Crippen LogP) is 1.88. The number of carbonyl (C=O) groups excluding carboxylic acids is 1. The van der Waals surface area contributed by atoms with Crippen LogP contribution >= 0.6 is 0 Å². The molecule has 0 unspecified atom stereocenters. The van der Waals surface area contributed by atoms with Crippen LogP contribution < -0.4 is 5.43 Å². The van der Waals surface area contributed by atoms with Crippen LogP contribution in [0.2, 0.25) is 0 Å². The van der Waals surface area contributed by atoms with Crippen LogP contribution in [0, 0.1) is 28.5 Å². The van der Waals surface area contributed by atoms with Crippen molar-refractivity contribution in [1.82, 2.24) is 4.90 Å². The minimum absolute atomic E-state index is 0.00668. The first-order valence-corrected chi connectivity index (χ1v) is 6.38. The van der Waals surface area contributed by atoms with Gasteiger partial charge in [-0.15, -0.1) is 0 Å². The van der Waals surface area contributed by atoms with E-state index in [9.17, 15) is 9.18 Å². The molecular weight excluding hydrogens is 273 g/mol. The molecule has 106 valence electrons. The Morgan fingerprint density at radius 3 is 2.52 bits per heavy atom. The van der Waals surface area contributed by atoms with Crippen molar-refractivity contribution in [3.63, 3.8) is 0 Å². The quantitative estimate of drug-likeness (QED) is 0.678. The summed E-state index contributed by atoms with van der Waals surface area (Å²) in [6, 6.07) is 7.10. The van der Waals surface area contributed by atoms with E-state index < -0.39 is 5.82 Å². The molecule has 6 nitrogen and oxygen atoms in total. The van der Waals surface area contributed by atoms with E-state index in [4.69, 9.17) is 10.5 Å². The van der Waals surface area contributed by atoms with Crippen LogP contribution in [-0.4, -0.2) is 29.6 Å². The Labute approximate surface area is 121 Å². The Kier molecular flexibility index (Phi) is 4.47. The Morgan fingerprint density at radius 2 is 1.95 bits per heavy atom. The maximum Gasteiger partial charge on any atom is 0.256 e. The number of nitrogens with zero attached hydrogens (tertiary/aromatic N) is 4. The smallest absolute Gasteiger partial charge is 0.256 e. The van der Waals surface area contributed by atoms with Crippen molar-refractivity contribution < 1.29 is 9.18 Å². The molecule has 1 aliphatic rings. The van der Waals surface area contributed by atoms with Gasteiger partial charge in [0, 0.05) is 13.1 Å². The van der Waals surface area contributed by atoms with Crippen molar-refractivity contribution in [2.45, 2.75) is 12.8 Å². The number of halogens is 1. The van der Waals surface area contributed by atoms with Crippen molar-refractivity contribution in [1.29, 1.82) is 10.5 Å². The lowest BCUT2D eigenvalue weighted by Gasteiger charge is -2.15. The lowest BCUT2D eigenvalue weighted by molar-refractivity contribution is 0.0788. The molecule has 21 heavy (non-hydrogen) atoms. The van der Waals surface area contributed by atoms with E-state index in [2.05, 4.69) is 10.5 Å². The van der Waals surface area contributed by atoms with Crippen molar-refractivity contribution in [3.05, 3.63) is 29.6 Å². The summed E-state index contributed by atoms with van der Waals surface area (Å²) in [5, 5.41) is 20.6. The summed E-state index contributed by atoms with van der Waals surface area (Å²) >= 11 is 0. The molecule has 0 atom stereocenters. The largest absolute Gasteiger partial charge is 0.339 e. The summed E-state index contributed by atoms with van der Waals surface area (Å²) in [5.74, 6) is -0.989. The molecule has 2 rings (SSSR count). The van der Waals surface area contributed by atoms with Gasteiger partial charge < -0.3 is 4.90 Å². The molecule has 1 aliphatic heterocycles. The fourth-order valence-electron chi connectivity index (χ4n) is 2.04. The SMILES string of the molecule is N#CC(C#N)=NNc1ccc(C(=O)N2CCCC2)c(F)c1. The normalized spacial score (nSPS) is 13.2. The van der Waals surface area contributed by atoms with Gasteiger partial charge in [0.15, 0.2) is 0 Å². The Hall–Kier alpha value is -2.93. The van der Waals surface area contributed by atoms with Crippen molar-refractivity contribution >= 4 is 17.3 Å². The van der Waals surface area contributed by atoms with Crippen LogP contribution in [-0.2, 0) is 0 Å². The highest BCUT2D eigenvalue weighted by Gasteiger charge is 2.22. The maximum atomic E-state index is 14.0. The number of hydrogen-bond acceptors (Lipinski definition) is 5. The van der Waals surface area contributed by atoms with Crippen LogP contribution in [0.4, 0.5) is 10.1 Å². The van der Waals surface area contributed by atoms with Gasteiger partial charge in [0.25, 0.3) is 5.91 Å². The van der Waals surface area contributed by atoms with Crippen LogP contribution in [0.15, 0.2) is 23.3 Å². The number of rotatable bonds is 3. The zero-order valence-corrected chi connectivity index (χ0v) is 11.1. The summed E-state index contributed by atoms with van der Waals surface area (Å²) < 4.78 is 14.0. The van der Waals surface area contributed by atoms with E-state index >= 15 is 0 Å². The zero-order chi connectivity index (χ0) is 15.2. The standard InChI is InChI=1S/C14H12FN5O/c15-13-7-10(18-19-11(8-16)9-17)3-4-12(13)14(21)20-5-1-2-6-20/h3-4,7,18H,1-2,5-6H2. The molecule has 0 bridgehead atoms. The molecule has 0 spiro atoms. The second kappa shape index (κ2) is 6.49. The number of benzene rings is 1. The number of amides is 1. The fourth-order valence-corrected chi connectivity index (χ4v) is 2.04. The molecule has 0 radical (unpaired) electrons. The summed E-state index contributed by atoms with van der Waals surface area (Å²) in [6.07, 6.45) is 1.87. The highest BCUT2D eigenvalue weighted by Crippen LogP contribution is 2.19. The van der Waals surface area contributed by atoms with Crippen LogP contribution in [0.5, 0.6) is 0 Å². The molecule has 1 fully saturated rings. The number of likely N-dealkylation sites (tertiary alicyclic amines) is 1. The average molecular weight is 285 g/mol. The third-order valence-corrected chi connectivity index (χ3v) is 3.10. The Balaban J connectivity index is 2.14. The van der Waals surface area contributed by atoms with E-state index in [1.165, 1.54) is 12.1 Å². The molecule has 1 saturated heterocycles. The molecule has 0 aromatic heterocycles. The number of carbonyl (C=O) groups is 1. The van der Waals surface area contributed by atoms with Gasteiger partial charge in [0.2, 0.25) is 5.71 Å². The summed E-state index contributed by atoms with van der Waals surface area (Å²) in [7, 11) is 0. The third-order valence-electron chi connectivity index (χ3n) is 3.10. The highest BCUT2D eigenvalue weighted by atomic mass is 19.1. The van der Waals surface area contributed by atoms with Crippen molar-refractivity contribution in [2.24, 2.45) is 5.10 Å². The first kappa shape index (κ1) is 14.5. The lowest BCUT2D eigenvalue weighted by atomic mass is 10.1. The van der Waals surface area contributed by atoms with Gasteiger partial charge in [-0.05, 0) is 31.0 Å². The third kappa shape index (κ3) is 3.34. The molecule has 1 aromatic carbocycles. The molecule has 1 heterocycles. The second-order valence-corrected chi connectivity index (χ2v) is 4.49. The zero-order valence-electron chi connectivity index (χ0n) is 11.1. The molecule has 0 aliphatic carbocycles. The van der Waals surface area contributed by atoms with Gasteiger partial charge >= 0.3 is 0 Å². The first-order valence-electron chi connectivity index (χ1n) is 6.38. The summed E-state index contributed by atoms with van der Waals surface area (Å²) in [4.78, 5) is 13.7. The van der Waals surface area contributed by atoms with Crippen LogP contribution in [0.3, 0.4) is 0 Å². The highest BCUT2D eigenvalue weighted by molar-refractivity contribution is 6.10. The minimum Gasteiger partial charge on any atom is -0.339 e. The van der Waals surface area contributed by atoms with E-state index in [0.717, 1.165) is 18.9 Å². The van der Waals surface area contributed by atoms with E-state index in [1.807, 2.05) is 0 Å². The second-order valence-electron chi connectivity index (χ2n) is 4.49. The number of hydrazone groups is 1. The number of hydrogen-bond donors (Lipinski definition) is 1. The number of nitrogens with one attached hydrogen (secondary N) is 1. The van der Waals surface area contributed by atoms with Crippen molar-refractivity contribution in [3.8, 4) is 12.1 Å². The van der Waals surface area contributed by atoms with Crippen molar-refractivity contribution in [2.75, 3.05) is 18.5 Å². The Bertz CT molecular complexity index is 649. The van der Waals surface area contributed by atoms with Gasteiger partial charge in [-0.3, -0.25) is 10.2 Å². The molecule has 7 heteroatoms. The van der Waals surface area contributed by atoms with Gasteiger partial charge in [-0.25, -0.2) is 4.39 Å². The van der Waals surface area contributed by atoms with E-state index in [1.54, 1.807) is 17.0 Å². The molecule has 1 aromatic rings. The van der Waals surface area contributed by atoms with Gasteiger partial charge in [0.1, 0.15) is 18.0 Å². The summed E-state index contributed by atoms with van der Waals surface area (Å²) in [5.41, 5.74) is 2.30. The molecule has 1 amide bonds. The fraction of sp³-hybridized carbons (Fsp3) is 0.286. The summed E-state index contributed by atoms with van der Waals surface area (Å²) in [6.45, 7) is 1.30. The van der Waals surface area contributed by atoms with Crippen LogP contribution in [0.25, 0.3) is 0 Å². The lowest BCUT2D eigenvalue weighted by Crippen LogP contribution is -2.28. The Morgan fingerprint density at radius 1 is 1.29 bits per heavy atom. The van der Waals surface area contributed by atoms with Gasteiger partial charge in [-0.1, -0.05) is 0 Å². The number of anilines is 1. The molecule has 1 N–H and O–H groups in total. The topological polar surface area (TPSA) is 92.3 Å². The number of nitriles is 2. The minimum atomic E-state index is -0.664. The molecule has 0 saturated carbocycles. The van der Waals surface area contributed by atoms with Gasteiger partial charge in [-0.2, -0.15) is 15.6 Å². The van der Waals surface area contributed by atoms with E-state index in [-0.39, 0.29) is 22.9 Å². The molecular formula is C14H12FN5O. The van der Waals surface area contributed by atoms with Crippen LogP contribution in [0.1, 0.15) is 23.2 Å². The monoisotopic (exact) mass is 285 g/mol. The predicted molar refractivity (Wildman–Crippen MR) is 73.8 cm³/mol. The average Bonchev–Trinajstić information content (AvgIpc) is 3.02. The maximum absolute atomic E-state index is 14.0. The van der Waals surface area contributed by atoms with Gasteiger partial charge in [0.05, 0.1) is 11.3 Å². The first-order chi connectivity index (χ1) is 10.2.